The van der Waals surface area contributed by atoms with Gasteiger partial charge in [0.25, 0.3) is 5.91 Å². The Bertz CT molecular complexity index is 1140. The molecule has 0 aromatic heterocycles. The minimum absolute atomic E-state index is 0.316. The van der Waals surface area contributed by atoms with Gasteiger partial charge in [-0.1, -0.05) is 53.7 Å². The van der Waals surface area contributed by atoms with E-state index in [4.69, 9.17) is 16.3 Å². The van der Waals surface area contributed by atoms with E-state index >= 15 is 0 Å². The molecule has 0 bridgehead atoms. The van der Waals surface area contributed by atoms with Gasteiger partial charge in [0, 0.05) is 9.79 Å². The largest absolute Gasteiger partial charge is 0.452 e. The zero-order chi connectivity index (χ0) is 21.5. The molecule has 150 valence electrons. The summed E-state index contributed by atoms with van der Waals surface area (Å²) in [6.07, 6.45) is 0. The number of carbonyl (C=O) groups is 2. The van der Waals surface area contributed by atoms with Crippen molar-refractivity contribution in [3.63, 3.8) is 0 Å². The van der Waals surface area contributed by atoms with Crippen molar-refractivity contribution in [3.05, 3.63) is 88.4 Å². The number of esters is 1. The van der Waals surface area contributed by atoms with Crippen molar-refractivity contribution < 1.29 is 14.3 Å². The zero-order valence-electron chi connectivity index (χ0n) is 16.0. The monoisotopic (exact) mass is 436 g/mol. The van der Waals surface area contributed by atoms with Crippen molar-refractivity contribution >= 4 is 40.9 Å². The Morgan fingerprint density at radius 1 is 1.07 bits per heavy atom. The van der Waals surface area contributed by atoms with Gasteiger partial charge in [-0.2, -0.15) is 5.26 Å². The number of nitrogens with zero attached hydrogens (tertiary/aromatic N) is 1. The molecule has 3 aromatic rings. The second-order valence-electron chi connectivity index (χ2n) is 6.31. The molecule has 0 unspecified atom stereocenters. The van der Waals surface area contributed by atoms with Gasteiger partial charge in [-0.05, 0) is 48.9 Å². The third-order valence-corrected chi connectivity index (χ3v) is 5.53. The Balaban J connectivity index is 1.67. The summed E-state index contributed by atoms with van der Waals surface area (Å²) in [6.45, 7) is 1.44. The Morgan fingerprint density at radius 2 is 1.77 bits per heavy atom. The number of rotatable bonds is 6. The van der Waals surface area contributed by atoms with E-state index in [1.165, 1.54) is 11.8 Å². The standard InChI is InChI=1S/C23H17ClN2O3S/c1-15-10-11-19(18(24)12-15)26-22(27)14-29-23(28)17-7-3-5-9-21(17)30-20-8-4-2-6-16(20)13-25/h2-12H,14H2,1H3,(H,26,27). The van der Waals surface area contributed by atoms with Gasteiger partial charge in [-0.25, -0.2) is 4.79 Å². The van der Waals surface area contributed by atoms with Crippen LogP contribution < -0.4 is 5.32 Å². The number of aryl methyl sites for hydroxylation is 1. The van der Waals surface area contributed by atoms with Gasteiger partial charge in [0.2, 0.25) is 0 Å². The highest BCUT2D eigenvalue weighted by Crippen LogP contribution is 2.33. The molecule has 30 heavy (non-hydrogen) atoms. The summed E-state index contributed by atoms with van der Waals surface area (Å²) in [7, 11) is 0. The summed E-state index contributed by atoms with van der Waals surface area (Å²) in [4.78, 5) is 26.1. The highest BCUT2D eigenvalue weighted by atomic mass is 35.5. The van der Waals surface area contributed by atoms with Gasteiger partial charge in [-0.3, -0.25) is 4.79 Å². The maximum atomic E-state index is 12.6. The second-order valence-corrected chi connectivity index (χ2v) is 7.80. The third-order valence-electron chi connectivity index (χ3n) is 4.07. The second kappa shape index (κ2) is 9.97. The lowest BCUT2D eigenvalue weighted by Crippen LogP contribution is -2.21. The SMILES string of the molecule is Cc1ccc(NC(=O)COC(=O)c2ccccc2Sc2ccccc2C#N)c(Cl)c1. The smallest absolute Gasteiger partial charge is 0.339 e. The average molecular weight is 437 g/mol. The quantitative estimate of drug-likeness (QED) is 0.518. The Kier molecular flexibility index (Phi) is 7.12. The number of hydrogen-bond donors (Lipinski definition) is 1. The fourth-order valence-electron chi connectivity index (χ4n) is 2.61. The molecule has 0 aliphatic carbocycles. The Morgan fingerprint density at radius 3 is 2.50 bits per heavy atom. The van der Waals surface area contributed by atoms with Crippen LogP contribution in [0.3, 0.4) is 0 Å². The number of benzene rings is 3. The zero-order valence-corrected chi connectivity index (χ0v) is 17.6. The molecule has 5 nitrogen and oxygen atoms in total. The van der Waals surface area contributed by atoms with Gasteiger partial charge >= 0.3 is 5.97 Å². The first kappa shape index (κ1) is 21.4. The van der Waals surface area contributed by atoms with Crippen LogP contribution in [0.2, 0.25) is 5.02 Å². The van der Waals surface area contributed by atoms with Crippen LogP contribution in [-0.2, 0) is 9.53 Å². The van der Waals surface area contributed by atoms with Crippen LogP contribution in [0.15, 0.2) is 76.5 Å². The fourth-order valence-corrected chi connectivity index (χ4v) is 3.90. The highest BCUT2D eigenvalue weighted by molar-refractivity contribution is 7.99. The molecule has 0 aliphatic rings. The molecular formula is C23H17ClN2O3S. The topological polar surface area (TPSA) is 79.2 Å². The fraction of sp³-hybridized carbons (Fsp3) is 0.0870. The number of hydrogen-bond acceptors (Lipinski definition) is 5. The molecule has 3 aromatic carbocycles. The average Bonchev–Trinajstić information content (AvgIpc) is 2.75. The minimum Gasteiger partial charge on any atom is -0.452 e. The summed E-state index contributed by atoms with van der Waals surface area (Å²) < 4.78 is 5.19. The van der Waals surface area contributed by atoms with Crippen LogP contribution in [0.4, 0.5) is 5.69 Å². The summed E-state index contributed by atoms with van der Waals surface area (Å²) in [5.41, 5.74) is 2.25. The predicted molar refractivity (Wildman–Crippen MR) is 117 cm³/mol. The van der Waals surface area contributed by atoms with Crippen molar-refractivity contribution in [2.75, 3.05) is 11.9 Å². The predicted octanol–water partition coefficient (Wildman–Crippen LogP) is 5.47. The number of nitriles is 1. The van der Waals surface area contributed by atoms with E-state index in [1.54, 1.807) is 48.5 Å². The summed E-state index contributed by atoms with van der Waals surface area (Å²) in [5.74, 6) is -1.12. The first-order valence-electron chi connectivity index (χ1n) is 8.97. The van der Waals surface area contributed by atoms with Crippen LogP contribution >= 0.6 is 23.4 Å². The molecule has 0 spiro atoms. The van der Waals surface area contributed by atoms with Crippen molar-refractivity contribution in [1.82, 2.24) is 0 Å². The molecule has 0 atom stereocenters. The molecular weight excluding hydrogens is 420 g/mol. The van der Waals surface area contributed by atoms with E-state index in [1.807, 2.05) is 25.1 Å². The van der Waals surface area contributed by atoms with Crippen LogP contribution in [-0.4, -0.2) is 18.5 Å². The number of amides is 1. The first-order chi connectivity index (χ1) is 14.5. The van der Waals surface area contributed by atoms with E-state index in [0.29, 0.717) is 26.7 Å². The van der Waals surface area contributed by atoms with Crippen LogP contribution in [0.5, 0.6) is 0 Å². The summed E-state index contributed by atoms with van der Waals surface area (Å²) in [6, 6.07) is 21.4. The van der Waals surface area contributed by atoms with Gasteiger partial charge in [0.1, 0.15) is 6.07 Å². The molecule has 1 N–H and O–H groups in total. The van der Waals surface area contributed by atoms with Gasteiger partial charge in [0.05, 0.1) is 21.8 Å². The molecule has 3 rings (SSSR count). The van der Waals surface area contributed by atoms with Crippen LogP contribution in [0, 0.1) is 18.3 Å². The number of carbonyl (C=O) groups excluding carboxylic acids is 2. The van der Waals surface area contributed by atoms with E-state index < -0.39 is 18.5 Å². The van der Waals surface area contributed by atoms with Crippen molar-refractivity contribution in [3.8, 4) is 6.07 Å². The normalized spacial score (nSPS) is 10.2. The van der Waals surface area contributed by atoms with E-state index in [-0.39, 0.29) is 0 Å². The summed E-state index contributed by atoms with van der Waals surface area (Å²) in [5, 5.41) is 12.3. The molecule has 7 heteroatoms. The number of anilines is 1. The van der Waals surface area contributed by atoms with Crippen molar-refractivity contribution in [2.24, 2.45) is 0 Å². The number of nitrogens with one attached hydrogen (secondary N) is 1. The summed E-state index contributed by atoms with van der Waals surface area (Å²) >= 11 is 7.40. The lowest BCUT2D eigenvalue weighted by molar-refractivity contribution is -0.119. The molecule has 0 heterocycles. The number of ether oxygens (including phenoxy) is 1. The molecule has 1 amide bonds. The first-order valence-corrected chi connectivity index (χ1v) is 10.2. The van der Waals surface area contributed by atoms with Gasteiger partial charge in [-0.15, -0.1) is 0 Å². The van der Waals surface area contributed by atoms with E-state index in [0.717, 1.165) is 10.5 Å². The van der Waals surface area contributed by atoms with Crippen LogP contribution in [0.25, 0.3) is 0 Å². The molecule has 0 saturated carbocycles. The maximum Gasteiger partial charge on any atom is 0.339 e. The van der Waals surface area contributed by atoms with Crippen molar-refractivity contribution in [1.29, 1.82) is 5.26 Å². The van der Waals surface area contributed by atoms with E-state index in [2.05, 4.69) is 11.4 Å². The van der Waals surface area contributed by atoms with Crippen molar-refractivity contribution in [2.45, 2.75) is 16.7 Å². The highest BCUT2D eigenvalue weighted by Gasteiger charge is 2.16. The van der Waals surface area contributed by atoms with Gasteiger partial charge in [0.15, 0.2) is 6.61 Å². The Hall–Kier alpha value is -3.27. The van der Waals surface area contributed by atoms with Crippen LogP contribution in [0.1, 0.15) is 21.5 Å². The minimum atomic E-state index is -0.627. The van der Waals surface area contributed by atoms with E-state index in [9.17, 15) is 14.9 Å². The lowest BCUT2D eigenvalue weighted by atomic mass is 10.2. The van der Waals surface area contributed by atoms with Gasteiger partial charge < -0.3 is 10.1 Å². The number of halogens is 1. The molecule has 0 radical (unpaired) electrons. The third kappa shape index (κ3) is 5.41. The molecule has 0 fully saturated rings. The molecule has 0 aliphatic heterocycles. The molecule has 0 saturated heterocycles. The lowest BCUT2D eigenvalue weighted by Gasteiger charge is -2.11. The Labute approximate surface area is 183 Å². The maximum absolute atomic E-state index is 12.6.